The van der Waals surface area contributed by atoms with Crippen molar-refractivity contribution >= 4 is 5.69 Å². The van der Waals surface area contributed by atoms with Crippen LogP contribution < -0.4 is 24.3 Å². The number of ether oxygens (including phenoxy) is 4. The van der Waals surface area contributed by atoms with Gasteiger partial charge < -0.3 is 24.3 Å². The van der Waals surface area contributed by atoms with E-state index in [9.17, 15) is 0 Å². The molecule has 0 atom stereocenters. The zero-order valence-corrected chi connectivity index (χ0v) is 18.0. The van der Waals surface area contributed by atoms with E-state index >= 15 is 0 Å². The van der Waals surface area contributed by atoms with Crippen molar-refractivity contribution in [3.8, 4) is 34.1 Å². The highest BCUT2D eigenvalue weighted by atomic mass is 16.5. The van der Waals surface area contributed by atoms with Gasteiger partial charge >= 0.3 is 0 Å². The zero-order chi connectivity index (χ0) is 21.3. The molecule has 3 aromatic rings. The van der Waals surface area contributed by atoms with Crippen molar-refractivity contribution in [2.24, 2.45) is 0 Å². The van der Waals surface area contributed by atoms with Crippen LogP contribution in [0.3, 0.4) is 0 Å². The Bertz CT molecular complexity index is 909. The van der Waals surface area contributed by atoms with E-state index in [0.29, 0.717) is 0 Å². The first-order valence-corrected chi connectivity index (χ1v) is 9.94. The van der Waals surface area contributed by atoms with Gasteiger partial charge in [0.05, 0.1) is 28.4 Å². The lowest BCUT2D eigenvalue weighted by Gasteiger charge is -2.11. The third-order valence-corrected chi connectivity index (χ3v) is 4.95. The lowest BCUT2D eigenvalue weighted by molar-refractivity contribution is 0.393. The number of methoxy groups -OCH3 is 4. The third-order valence-electron chi connectivity index (χ3n) is 4.95. The van der Waals surface area contributed by atoms with Crippen LogP contribution in [-0.4, -0.2) is 35.0 Å². The predicted molar refractivity (Wildman–Crippen MR) is 121 cm³/mol. The molecule has 3 rings (SSSR count). The van der Waals surface area contributed by atoms with Gasteiger partial charge in [0.1, 0.15) is 23.0 Å². The molecular weight excluding hydrogens is 378 g/mol. The summed E-state index contributed by atoms with van der Waals surface area (Å²) in [5.41, 5.74) is 4.47. The Hall–Kier alpha value is -3.34. The quantitative estimate of drug-likeness (QED) is 0.454. The lowest BCUT2D eigenvalue weighted by atomic mass is 10.0. The standard InChI is InChI=1S/C25H29NO4/c1-27-22-12-18(13-23(16-22)28-2)6-5-11-26-21-9-7-19(8-10-21)20-14-24(29-3)17-25(15-20)30-4/h7-10,12-17,26H,5-6,11H2,1-4H3. The fourth-order valence-corrected chi connectivity index (χ4v) is 3.29. The number of benzene rings is 3. The zero-order valence-electron chi connectivity index (χ0n) is 18.0. The summed E-state index contributed by atoms with van der Waals surface area (Å²) in [5, 5.41) is 3.48. The molecular formula is C25H29NO4. The van der Waals surface area contributed by atoms with E-state index in [1.807, 2.05) is 24.3 Å². The number of anilines is 1. The fraction of sp³-hybridized carbons (Fsp3) is 0.280. The number of nitrogens with one attached hydrogen (secondary N) is 1. The van der Waals surface area contributed by atoms with E-state index in [2.05, 4.69) is 41.7 Å². The van der Waals surface area contributed by atoms with E-state index in [-0.39, 0.29) is 0 Å². The van der Waals surface area contributed by atoms with E-state index in [0.717, 1.165) is 59.2 Å². The SMILES string of the molecule is COc1cc(CCCNc2ccc(-c3cc(OC)cc(OC)c3)cc2)cc(OC)c1. The molecule has 0 saturated carbocycles. The molecule has 30 heavy (non-hydrogen) atoms. The molecule has 158 valence electrons. The first kappa shape index (κ1) is 21.4. The fourth-order valence-electron chi connectivity index (χ4n) is 3.29. The highest BCUT2D eigenvalue weighted by molar-refractivity contribution is 5.69. The number of rotatable bonds is 10. The molecule has 5 nitrogen and oxygen atoms in total. The summed E-state index contributed by atoms with van der Waals surface area (Å²) in [7, 11) is 6.66. The highest BCUT2D eigenvalue weighted by Crippen LogP contribution is 2.30. The summed E-state index contributed by atoms with van der Waals surface area (Å²) in [6.07, 6.45) is 1.95. The second-order valence-electron chi connectivity index (χ2n) is 6.93. The third kappa shape index (κ3) is 5.60. The molecule has 0 saturated heterocycles. The topological polar surface area (TPSA) is 49.0 Å². The average molecular weight is 408 g/mol. The molecule has 0 aliphatic rings. The Morgan fingerprint density at radius 1 is 0.600 bits per heavy atom. The largest absolute Gasteiger partial charge is 0.497 e. The van der Waals surface area contributed by atoms with Crippen molar-refractivity contribution in [3.63, 3.8) is 0 Å². The minimum absolute atomic E-state index is 0.778. The number of hydrogen-bond donors (Lipinski definition) is 1. The first-order valence-electron chi connectivity index (χ1n) is 9.94. The minimum atomic E-state index is 0.778. The molecule has 0 fully saturated rings. The second-order valence-corrected chi connectivity index (χ2v) is 6.93. The van der Waals surface area contributed by atoms with Crippen molar-refractivity contribution in [1.82, 2.24) is 0 Å². The van der Waals surface area contributed by atoms with Gasteiger partial charge in [0.15, 0.2) is 0 Å². The molecule has 0 spiro atoms. The maximum atomic E-state index is 5.37. The summed E-state index contributed by atoms with van der Waals surface area (Å²) >= 11 is 0. The molecule has 0 aromatic heterocycles. The van der Waals surface area contributed by atoms with Crippen LogP contribution in [0.1, 0.15) is 12.0 Å². The van der Waals surface area contributed by atoms with Gasteiger partial charge in [-0.2, -0.15) is 0 Å². The molecule has 0 heterocycles. The Morgan fingerprint density at radius 2 is 1.10 bits per heavy atom. The maximum Gasteiger partial charge on any atom is 0.123 e. The molecule has 5 heteroatoms. The molecule has 0 amide bonds. The number of hydrogen-bond acceptors (Lipinski definition) is 5. The molecule has 0 unspecified atom stereocenters. The Labute approximate surface area is 178 Å². The van der Waals surface area contributed by atoms with Crippen molar-refractivity contribution in [3.05, 3.63) is 66.2 Å². The van der Waals surface area contributed by atoms with Crippen LogP contribution in [0, 0.1) is 0 Å². The predicted octanol–water partition coefficient (Wildman–Crippen LogP) is 5.43. The van der Waals surface area contributed by atoms with Gasteiger partial charge in [-0.25, -0.2) is 0 Å². The molecule has 0 bridgehead atoms. The van der Waals surface area contributed by atoms with E-state index < -0.39 is 0 Å². The van der Waals surface area contributed by atoms with Gasteiger partial charge in [-0.05, 0) is 65.9 Å². The van der Waals surface area contributed by atoms with Gasteiger partial charge in [-0.1, -0.05) is 12.1 Å². The summed E-state index contributed by atoms with van der Waals surface area (Å²) in [5.74, 6) is 3.20. The van der Waals surface area contributed by atoms with Crippen LogP contribution in [0.4, 0.5) is 5.69 Å². The van der Waals surface area contributed by atoms with Crippen LogP contribution >= 0.6 is 0 Å². The monoisotopic (exact) mass is 407 g/mol. The molecule has 1 N–H and O–H groups in total. The van der Waals surface area contributed by atoms with Crippen molar-refractivity contribution in [2.45, 2.75) is 12.8 Å². The van der Waals surface area contributed by atoms with Gasteiger partial charge in [0.25, 0.3) is 0 Å². The van der Waals surface area contributed by atoms with Crippen LogP contribution in [0.25, 0.3) is 11.1 Å². The second kappa shape index (κ2) is 10.4. The molecule has 0 aliphatic carbocycles. The Morgan fingerprint density at radius 3 is 1.60 bits per heavy atom. The van der Waals surface area contributed by atoms with Crippen LogP contribution in [0.15, 0.2) is 60.7 Å². The summed E-state index contributed by atoms with van der Waals surface area (Å²) in [4.78, 5) is 0. The minimum Gasteiger partial charge on any atom is -0.497 e. The molecule has 0 aliphatic heterocycles. The smallest absolute Gasteiger partial charge is 0.123 e. The van der Waals surface area contributed by atoms with E-state index in [1.54, 1.807) is 28.4 Å². The molecule has 0 radical (unpaired) electrons. The van der Waals surface area contributed by atoms with Gasteiger partial charge in [-0.15, -0.1) is 0 Å². The lowest BCUT2D eigenvalue weighted by Crippen LogP contribution is -2.03. The van der Waals surface area contributed by atoms with Gasteiger partial charge in [0.2, 0.25) is 0 Å². The highest BCUT2D eigenvalue weighted by Gasteiger charge is 2.05. The van der Waals surface area contributed by atoms with E-state index in [4.69, 9.17) is 18.9 Å². The van der Waals surface area contributed by atoms with Crippen molar-refractivity contribution in [1.29, 1.82) is 0 Å². The summed E-state index contributed by atoms with van der Waals surface area (Å²) < 4.78 is 21.4. The normalized spacial score (nSPS) is 10.4. The Kier molecular flexibility index (Phi) is 7.44. The van der Waals surface area contributed by atoms with Gasteiger partial charge in [0, 0.05) is 24.4 Å². The van der Waals surface area contributed by atoms with Crippen molar-refractivity contribution in [2.75, 3.05) is 40.3 Å². The van der Waals surface area contributed by atoms with E-state index in [1.165, 1.54) is 5.56 Å². The molecule has 3 aromatic carbocycles. The van der Waals surface area contributed by atoms with Gasteiger partial charge in [-0.3, -0.25) is 0 Å². The van der Waals surface area contributed by atoms with Crippen LogP contribution in [-0.2, 0) is 6.42 Å². The summed E-state index contributed by atoms with van der Waals surface area (Å²) in [6, 6.07) is 20.3. The number of aryl methyl sites for hydroxylation is 1. The summed E-state index contributed by atoms with van der Waals surface area (Å²) in [6.45, 7) is 0.881. The Balaban J connectivity index is 1.57. The van der Waals surface area contributed by atoms with Crippen LogP contribution in [0.2, 0.25) is 0 Å². The van der Waals surface area contributed by atoms with Crippen LogP contribution in [0.5, 0.6) is 23.0 Å². The maximum absolute atomic E-state index is 5.37. The first-order chi connectivity index (χ1) is 14.6. The average Bonchev–Trinajstić information content (AvgIpc) is 2.81. The van der Waals surface area contributed by atoms with Crippen molar-refractivity contribution < 1.29 is 18.9 Å².